The van der Waals surface area contributed by atoms with Crippen molar-refractivity contribution in [3.8, 4) is 0 Å². The minimum atomic E-state index is -0.275. The van der Waals surface area contributed by atoms with Gasteiger partial charge in [-0.3, -0.25) is 0 Å². The van der Waals surface area contributed by atoms with E-state index in [4.69, 9.17) is 9.47 Å². The zero-order chi connectivity index (χ0) is 9.94. The largest absolute Gasteiger partial charge is 0.464 e. The minimum absolute atomic E-state index is 0.0855. The van der Waals surface area contributed by atoms with Crippen LogP contribution >= 0.6 is 15.9 Å². The molecule has 0 N–H and O–H groups in total. The van der Waals surface area contributed by atoms with E-state index in [0.29, 0.717) is 13.2 Å². The fourth-order valence-electron chi connectivity index (χ4n) is 0.834. The highest BCUT2D eigenvalue weighted by Crippen LogP contribution is 1.98. The number of carbonyl (C=O) groups excluding carboxylic acids is 1. The number of esters is 1. The Hall–Kier alpha value is -0.0900. The molecule has 0 aromatic rings. The molecule has 0 aliphatic carbocycles. The summed E-state index contributed by atoms with van der Waals surface area (Å²) in [7, 11) is 0. The van der Waals surface area contributed by atoms with Crippen LogP contribution < -0.4 is 0 Å². The Bertz CT molecular complexity index is 128. The highest BCUT2D eigenvalue weighted by molar-refractivity contribution is 9.09. The molecule has 0 aliphatic heterocycles. The van der Waals surface area contributed by atoms with Crippen molar-refractivity contribution < 1.29 is 14.3 Å². The zero-order valence-corrected chi connectivity index (χ0v) is 9.64. The van der Waals surface area contributed by atoms with Gasteiger partial charge in [0.15, 0.2) is 0 Å². The molecule has 0 aromatic heterocycles. The van der Waals surface area contributed by atoms with Crippen molar-refractivity contribution in [2.75, 3.05) is 25.2 Å². The van der Waals surface area contributed by atoms with Gasteiger partial charge in [0, 0.05) is 11.9 Å². The molecule has 0 saturated heterocycles. The maximum Gasteiger partial charge on any atom is 0.332 e. The minimum Gasteiger partial charge on any atom is -0.464 e. The van der Waals surface area contributed by atoms with Gasteiger partial charge in [-0.05, 0) is 19.8 Å². The van der Waals surface area contributed by atoms with Gasteiger partial charge in [-0.1, -0.05) is 22.4 Å². The van der Waals surface area contributed by atoms with Crippen LogP contribution in [-0.2, 0) is 14.3 Å². The molecule has 0 radical (unpaired) electrons. The molecular formula is C9H17BrO3. The number of alkyl halides is 1. The second kappa shape index (κ2) is 9.99. The van der Waals surface area contributed by atoms with E-state index in [-0.39, 0.29) is 12.6 Å². The van der Waals surface area contributed by atoms with Crippen LogP contribution in [0.3, 0.4) is 0 Å². The molecule has 3 nitrogen and oxygen atoms in total. The molecule has 4 heteroatoms. The number of halogens is 1. The number of unbranched alkanes of at least 4 members (excludes halogenated alkanes) is 2. The number of hydrogen-bond acceptors (Lipinski definition) is 3. The van der Waals surface area contributed by atoms with Crippen LogP contribution in [0.2, 0.25) is 0 Å². The van der Waals surface area contributed by atoms with Gasteiger partial charge in [0.25, 0.3) is 0 Å². The number of ether oxygens (including phenoxy) is 2. The van der Waals surface area contributed by atoms with Crippen LogP contribution in [0.15, 0.2) is 0 Å². The average Bonchev–Trinajstić information content (AvgIpc) is 2.11. The summed E-state index contributed by atoms with van der Waals surface area (Å²) < 4.78 is 9.80. The highest BCUT2D eigenvalue weighted by atomic mass is 79.9. The lowest BCUT2D eigenvalue weighted by molar-refractivity contribution is -0.148. The molecule has 0 saturated carbocycles. The molecule has 13 heavy (non-hydrogen) atoms. The third-order valence-corrected chi connectivity index (χ3v) is 2.01. The summed E-state index contributed by atoms with van der Waals surface area (Å²) in [6, 6.07) is 0. The zero-order valence-electron chi connectivity index (χ0n) is 8.05. The summed E-state index contributed by atoms with van der Waals surface area (Å²) in [5.74, 6) is -0.275. The van der Waals surface area contributed by atoms with Crippen molar-refractivity contribution in [3.05, 3.63) is 0 Å². The Morgan fingerprint density at radius 1 is 1.31 bits per heavy atom. The first-order valence-electron chi connectivity index (χ1n) is 4.60. The molecule has 0 amide bonds. The fraction of sp³-hybridized carbons (Fsp3) is 0.889. The molecule has 0 spiro atoms. The quantitative estimate of drug-likeness (QED) is 0.377. The summed E-state index contributed by atoms with van der Waals surface area (Å²) in [5.41, 5.74) is 0. The lowest BCUT2D eigenvalue weighted by Gasteiger charge is -2.03. The number of carbonyl (C=O) groups is 1. The van der Waals surface area contributed by atoms with Crippen LogP contribution in [-0.4, -0.2) is 31.1 Å². The van der Waals surface area contributed by atoms with Crippen LogP contribution in [0.4, 0.5) is 0 Å². The second-order valence-corrected chi connectivity index (χ2v) is 3.40. The van der Waals surface area contributed by atoms with Crippen molar-refractivity contribution in [1.82, 2.24) is 0 Å². The summed E-state index contributed by atoms with van der Waals surface area (Å²) in [6.07, 6.45) is 3.29. The Morgan fingerprint density at radius 2 is 2.08 bits per heavy atom. The first-order valence-corrected chi connectivity index (χ1v) is 5.72. The molecule has 0 rings (SSSR count). The maximum absolute atomic E-state index is 10.8. The van der Waals surface area contributed by atoms with E-state index in [9.17, 15) is 4.79 Å². The van der Waals surface area contributed by atoms with E-state index in [1.807, 2.05) is 0 Å². The Morgan fingerprint density at radius 3 is 2.69 bits per heavy atom. The maximum atomic E-state index is 10.8. The topological polar surface area (TPSA) is 35.5 Å². The summed E-state index contributed by atoms with van der Waals surface area (Å²) in [6.45, 7) is 2.94. The Balaban J connectivity index is 3.02. The molecule has 0 bridgehead atoms. The molecule has 0 unspecified atom stereocenters. The van der Waals surface area contributed by atoms with Gasteiger partial charge in [-0.2, -0.15) is 0 Å². The Labute approximate surface area is 87.9 Å². The van der Waals surface area contributed by atoms with Gasteiger partial charge in [0.1, 0.15) is 6.61 Å². The van der Waals surface area contributed by atoms with Crippen LogP contribution in [0.5, 0.6) is 0 Å². The van der Waals surface area contributed by atoms with Crippen LogP contribution in [0.1, 0.15) is 26.2 Å². The highest BCUT2D eigenvalue weighted by Gasteiger charge is 1.99. The summed E-state index contributed by atoms with van der Waals surface area (Å²) in [5, 5.41) is 1.03. The van der Waals surface area contributed by atoms with E-state index in [1.54, 1.807) is 6.92 Å². The molecule has 0 heterocycles. The van der Waals surface area contributed by atoms with E-state index in [0.717, 1.165) is 24.6 Å². The van der Waals surface area contributed by atoms with Crippen molar-refractivity contribution in [3.63, 3.8) is 0 Å². The number of hydrogen-bond donors (Lipinski definition) is 0. The molecule has 0 aromatic carbocycles. The van der Waals surface area contributed by atoms with Gasteiger partial charge in [0.2, 0.25) is 0 Å². The molecule has 0 atom stereocenters. The van der Waals surface area contributed by atoms with Gasteiger partial charge >= 0.3 is 5.97 Å². The van der Waals surface area contributed by atoms with E-state index in [1.165, 1.54) is 0 Å². The smallest absolute Gasteiger partial charge is 0.332 e. The van der Waals surface area contributed by atoms with Crippen molar-refractivity contribution in [2.45, 2.75) is 26.2 Å². The van der Waals surface area contributed by atoms with Crippen LogP contribution in [0.25, 0.3) is 0 Å². The molecule has 0 fully saturated rings. The third-order valence-electron chi connectivity index (χ3n) is 1.45. The molecule has 0 aliphatic rings. The van der Waals surface area contributed by atoms with Crippen molar-refractivity contribution >= 4 is 21.9 Å². The van der Waals surface area contributed by atoms with E-state index in [2.05, 4.69) is 15.9 Å². The first-order chi connectivity index (χ1) is 6.31. The lowest BCUT2D eigenvalue weighted by Crippen LogP contribution is -2.12. The first kappa shape index (κ1) is 12.9. The standard InChI is InChI=1S/C9H17BrO3/c1-2-13-9(11)8-12-7-5-3-4-6-10/h2-8H2,1H3. The van der Waals surface area contributed by atoms with Crippen LogP contribution in [0, 0.1) is 0 Å². The SMILES string of the molecule is CCOC(=O)COCCCCCBr. The van der Waals surface area contributed by atoms with E-state index < -0.39 is 0 Å². The normalized spacial score (nSPS) is 10.0. The summed E-state index contributed by atoms with van der Waals surface area (Å²) in [4.78, 5) is 10.8. The van der Waals surface area contributed by atoms with Crippen molar-refractivity contribution in [2.24, 2.45) is 0 Å². The van der Waals surface area contributed by atoms with Gasteiger partial charge in [-0.15, -0.1) is 0 Å². The molecular weight excluding hydrogens is 236 g/mol. The third kappa shape index (κ3) is 9.83. The molecule has 78 valence electrons. The van der Waals surface area contributed by atoms with Gasteiger partial charge in [0.05, 0.1) is 6.61 Å². The number of rotatable bonds is 8. The lowest BCUT2D eigenvalue weighted by atomic mass is 10.3. The van der Waals surface area contributed by atoms with Crippen molar-refractivity contribution in [1.29, 1.82) is 0 Å². The monoisotopic (exact) mass is 252 g/mol. The van der Waals surface area contributed by atoms with Gasteiger partial charge in [-0.25, -0.2) is 4.79 Å². The fourth-order valence-corrected chi connectivity index (χ4v) is 1.23. The van der Waals surface area contributed by atoms with E-state index >= 15 is 0 Å². The average molecular weight is 253 g/mol. The predicted molar refractivity (Wildman–Crippen MR) is 55.1 cm³/mol. The predicted octanol–water partition coefficient (Wildman–Crippen LogP) is 2.13. The van der Waals surface area contributed by atoms with Gasteiger partial charge < -0.3 is 9.47 Å². The Kier molecular flexibility index (Phi) is 9.92. The second-order valence-electron chi connectivity index (χ2n) is 2.61. The summed E-state index contributed by atoms with van der Waals surface area (Å²) >= 11 is 3.35.